The van der Waals surface area contributed by atoms with E-state index in [4.69, 9.17) is 20.8 Å². The lowest BCUT2D eigenvalue weighted by molar-refractivity contribution is -0.120. The van der Waals surface area contributed by atoms with E-state index in [1.165, 1.54) is 11.3 Å². The van der Waals surface area contributed by atoms with E-state index in [0.29, 0.717) is 22.9 Å². The van der Waals surface area contributed by atoms with Crippen LogP contribution in [0.25, 0.3) is 10.2 Å². The van der Waals surface area contributed by atoms with Crippen molar-refractivity contribution in [3.63, 3.8) is 0 Å². The van der Waals surface area contributed by atoms with Gasteiger partial charge >= 0.3 is 5.97 Å². The van der Waals surface area contributed by atoms with Crippen molar-refractivity contribution in [1.29, 1.82) is 0 Å². The predicted octanol–water partition coefficient (Wildman–Crippen LogP) is 4.74. The lowest BCUT2D eigenvalue weighted by Crippen LogP contribution is -2.25. The number of ether oxygens (including phenoxy) is 1. The van der Waals surface area contributed by atoms with Crippen LogP contribution in [0, 0.1) is 0 Å². The summed E-state index contributed by atoms with van der Waals surface area (Å²) in [6.07, 6.45) is 0.331. The second kappa shape index (κ2) is 9.90. The maximum absolute atomic E-state index is 12.4. The molecule has 4 aromatic rings. The maximum Gasteiger partial charge on any atom is 0.338 e. The van der Waals surface area contributed by atoms with Crippen LogP contribution in [0.2, 0.25) is 5.02 Å². The summed E-state index contributed by atoms with van der Waals surface area (Å²) in [7, 11) is 0. The molecule has 0 spiro atoms. The van der Waals surface area contributed by atoms with E-state index in [2.05, 4.69) is 20.5 Å². The Labute approximate surface area is 205 Å². The summed E-state index contributed by atoms with van der Waals surface area (Å²) in [5.74, 6) is -0.0695. The van der Waals surface area contributed by atoms with E-state index in [1.807, 2.05) is 45.0 Å². The molecule has 1 N–H and O–H groups in total. The fourth-order valence-corrected chi connectivity index (χ4v) is 4.24. The minimum Gasteiger partial charge on any atom is -0.456 e. The number of benzene rings is 2. The van der Waals surface area contributed by atoms with Crippen molar-refractivity contribution >= 4 is 45.0 Å². The van der Waals surface area contributed by atoms with Gasteiger partial charge in [0.1, 0.15) is 17.0 Å². The Hall–Kier alpha value is -3.30. The number of hydrogen-bond acceptors (Lipinski definition) is 8. The first-order valence-corrected chi connectivity index (χ1v) is 11.8. The van der Waals surface area contributed by atoms with Gasteiger partial charge < -0.3 is 14.5 Å². The maximum atomic E-state index is 12.4. The van der Waals surface area contributed by atoms with Gasteiger partial charge in [-0.15, -0.1) is 21.5 Å². The molecule has 34 heavy (non-hydrogen) atoms. The number of halogens is 1. The number of carbonyl (C=O) groups is 2. The number of thiazole rings is 1. The summed E-state index contributed by atoms with van der Waals surface area (Å²) in [4.78, 5) is 29.1. The second-order valence-corrected chi connectivity index (χ2v) is 10.2. The molecular weight excluding hydrogens is 476 g/mol. The van der Waals surface area contributed by atoms with E-state index in [0.717, 1.165) is 20.8 Å². The van der Waals surface area contributed by atoms with E-state index in [9.17, 15) is 9.59 Å². The first kappa shape index (κ1) is 23.8. The normalized spacial score (nSPS) is 11.5. The van der Waals surface area contributed by atoms with Gasteiger partial charge in [-0.3, -0.25) is 4.79 Å². The van der Waals surface area contributed by atoms with Crippen LogP contribution in [0.5, 0.6) is 0 Å². The van der Waals surface area contributed by atoms with Gasteiger partial charge in [-0.05, 0) is 56.7 Å². The molecule has 10 heteroatoms. The number of fused-ring (bicyclic) bond motifs is 1. The molecule has 8 nitrogen and oxygen atoms in total. The van der Waals surface area contributed by atoms with Crippen LogP contribution in [0.3, 0.4) is 0 Å². The van der Waals surface area contributed by atoms with Crippen molar-refractivity contribution in [3.8, 4) is 0 Å². The molecule has 0 atom stereocenters. The molecule has 176 valence electrons. The van der Waals surface area contributed by atoms with E-state index >= 15 is 0 Å². The number of nitrogens with zero attached hydrogens (tertiary/aromatic N) is 3. The van der Waals surface area contributed by atoms with Gasteiger partial charge in [0, 0.05) is 11.6 Å². The van der Waals surface area contributed by atoms with Crippen molar-refractivity contribution in [2.75, 3.05) is 0 Å². The first-order valence-electron chi connectivity index (χ1n) is 10.6. The van der Waals surface area contributed by atoms with Crippen LogP contribution in [0.4, 0.5) is 0 Å². The number of nitrogens with one attached hydrogen (secondary N) is 1. The Balaban J connectivity index is 1.31. The predicted molar refractivity (Wildman–Crippen MR) is 129 cm³/mol. The molecule has 2 aromatic heterocycles. The quantitative estimate of drug-likeness (QED) is 0.367. The number of amides is 1. The topological polar surface area (TPSA) is 107 Å². The third kappa shape index (κ3) is 6.39. The molecule has 0 fully saturated rings. The number of esters is 1. The van der Waals surface area contributed by atoms with Crippen LogP contribution < -0.4 is 5.32 Å². The summed E-state index contributed by atoms with van der Waals surface area (Å²) < 4.78 is 12.0. The molecule has 0 saturated heterocycles. The monoisotopic (exact) mass is 498 g/mol. The molecule has 0 aliphatic rings. The van der Waals surface area contributed by atoms with Gasteiger partial charge in [0.25, 0.3) is 0 Å². The van der Waals surface area contributed by atoms with Crippen molar-refractivity contribution in [1.82, 2.24) is 20.5 Å². The van der Waals surface area contributed by atoms with E-state index < -0.39 is 11.6 Å². The van der Waals surface area contributed by atoms with E-state index in [1.54, 1.807) is 18.2 Å². The first-order chi connectivity index (χ1) is 16.1. The summed E-state index contributed by atoms with van der Waals surface area (Å²) in [5.41, 5.74) is 1.45. The highest BCUT2D eigenvalue weighted by molar-refractivity contribution is 7.18. The van der Waals surface area contributed by atoms with Crippen molar-refractivity contribution in [2.24, 2.45) is 0 Å². The minimum atomic E-state index is -0.578. The lowest BCUT2D eigenvalue weighted by Gasteiger charge is -2.19. The third-order valence-corrected chi connectivity index (χ3v) is 5.84. The Morgan fingerprint density at radius 1 is 1.12 bits per heavy atom. The largest absolute Gasteiger partial charge is 0.456 e. The summed E-state index contributed by atoms with van der Waals surface area (Å²) in [6, 6.07) is 12.5. The van der Waals surface area contributed by atoms with Crippen LogP contribution in [-0.4, -0.2) is 32.7 Å². The van der Waals surface area contributed by atoms with Crippen molar-refractivity contribution in [3.05, 3.63) is 75.4 Å². The zero-order valence-electron chi connectivity index (χ0n) is 18.9. The SMILES string of the molecule is CC(C)(C)OC(=O)c1cccc(CNC(=O)Cc2nnc(Cc3nc4cc(Cl)ccc4s3)o2)c1. The van der Waals surface area contributed by atoms with Crippen LogP contribution in [0.15, 0.2) is 46.9 Å². The molecular formula is C24H23ClN4O4S. The van der Waals surface area contributed by atoms with Gasteiger partial charge in [0.15, 0.2) is 0 Å². The van der Waals surface area contributed by atoms with Gasteiger partial charge in [0.2, 0.25) is 17.7 Å². The molecule has 0 bridgehead atoms. The molecule has 2 heterocycles. The second-order valence-electron chi connectivity index (χ2n) is 8.64. The summed E-state index contributed by atoms with van der Waals surface area (Å²) >= 11 is 7.54. The molecule has 0 unspecified atom stereocenters. The fraction of sp³-hybridized carbons (Fsp3) is 0.292. The number of carbonyl (C=O) groups excluding carboxylic acids is 2. The van der Waals surface area contributed by atoms with Crippen LogP contribution in [-0.2, 0) is 28.9 Å². The highest BCUT2D eigenvalue weighted by Gasteiger charge is 2.18. The van der Waals surface area contributed by atoms with Crippen molar-refractivity contribution < 1.29 is 18.7 Å². The fourth-order valence-electron chi connectivity index (χ4n) is 3.13. The number of hydrogen-bond donors (Lipinski definition) is 1. The molecule has 4 rings (SSSR count). The zero-order valence-corrected chi connectivity index (χ0v) is 20.5. The van der Waals surface area contributed by atoms with E-state index in [-0.39, 0.29) is 24.8 Å². The van der Waals surface area contributed by atoms with Gasteiger partial charge in [-0.1, -0.05) is 23.7 Å². The Kier molecular flexibility index (Phi) is 6.95. The highest BCUT2D eigenvalue weighted by Crippen LogP contribution is 2.26. The van der Waals surface area contributed by atoms with Gasteiger partial charge in [-0.25, -0.2) is 9.78 Å². The number of rotatable bonds is 7. The third-order valence-electron chi connectivity index (χ3n) is 4.57. The van der Waals surface area contributed by atoms with Crippen molar-refractivity contribution in [2.45, 2.75) is 45.8 Å². The summed E-state index contributed by atoms with van der Waals surface area (Å²) in [5, 5.41) is 12.2. The van der Waals surface area contributed by atoms with Crippen LogP contribution >= 0.6 is 22.9 Å². The minimum absolute atomic E-state index is 0.0474. The Morgan fingerprint density at radius 2 is 1.91 bits per heavy atom. The van der Waals surface area contributed by atoms with Crippen LogP contribution in [0.1, 0.15) is 53.5 Å². The standard InChI is InChI=1S/C24H23ClN4O4S/c1-24(2,3)33-23(31)15-6-4-5-14(9-15)13-26-19(30)11-20-28-29-21(32-20)12-22-27-17-10-16(25)7-8-18(17)34-22/h4-10H,11-13H2,1-3H3,(H,26,30). The smallest absolute Gasteiger partial charge is 0.338 e. The molecule has 0 aliphatic carbocycles. The lowest BCUT2D eigenvalue weighted by atomic mass is 10.1. The average Bonchev–Trinajstić information content (AvgIpc) is 3.37. The number of aromatic nitrogens is 3. The molecule has 1 amide bonds. The zero-order chi connectivity index (χ0) is 24.3. The Bertz CT molecular complexity index is 1340. The highest BCUT2D eigenvalue weighted by atomic mass is 35.5. The van der Waals surface area contributed by atoms with Gasteiger partial charge in [-0.2, -0.15) is 0 Å². The summed E-state index contributed by atoms with van der Waals surface area (Å²) in [6.45, 7) is 5.69. The molecule has 0 radical (unpaired) electrons. The average molecular weight is 499 g/mol. The Morgan fingerprint density at radius 3 is 2.71 bits per heavy atom. The van der Waals surface area contributed by atoms with Gasteiger partial charge in [0.05, 0.1) is 22.2 Å². The molecule has 0 aliphatic heterocycles. The molecule has 2 aromatic carbocycles. The molecule has 0 saturated carbocycles.